The van der Waals surface area contributed by atoms with Crippen LogP contribution < -0.4 is 39.8 Å². The summed E-state index contributed by atoms with van der Waals surface area (Å²) in [6.45, 7) is -1.62. The molecule has 0 bridgehead atoms. The molecule has 3 rings (SSSR count). The number of halogens is 5. The second kappa shape index (κ2) is 13.2. The van der Waals surface area contributed by atoms with Crippen molar-refractivity contribution >= 4 is 23.5 Å². The zero-order valence-electron chi connectivity index (χ0n) is 21.6. The molecule has 12 nitrogen and oxygen atoms in total. The quantitative estimate of drug-likeness (QED) is 0.163. The van der Waals surface area contributed by atoms with Crippen LogP contribution in [0.3, 0.4) is 0 Å². The van der Waals surface area contributed by atoms with Gasteiger partial charge in [0.2, 0.25) is 0 Å². The zero-order chi connectivity index (χ0) is 28.8. The van der Waals surface area contributed by atoms with E-state index in [0.29, 0.717) is 0 Å². The summed E-state index contributed by atoms with van der Waals surface area (Å²) in [4.78, 5) is 46.0. The first kappa shape index (κ1) is 32.0. The van der Waals surface area contributed by atoms with Crippen LogP contribution in [0.5, 0.6) is 5.75 Å². The van der Waals surface area contributed by atoms with Crippen LogP contribution in [0.2, 0.25) is 0 Å². The number of carboxylic acid groups (broad SMARTS) is 1. The van der Waals surface area contributed by atoms with Crippen molar-refractivity contribution in [3.05, 3.63) is 70.4 Å². The Morgan fingerprint density at radius 1 is 1.10 bits per heavy atom. The van der Waals surface area contributed by atoms with E-state index in [0.717, 1.165) is 39.8 Å². The van der Waals surface area contributed by atoms with E-state index in [9.17, 15) is 41.1 Å². The third-order valence-corrected chi connectivity index (χ3v) is 4.92. The summed E-state index contributed by atoms with van der Waals surface area (Å²) in [5.74, 6) is -7.82. The maximum Gasteiger partial charge on any atom is 1.00 e. The summed E-state index contributed by atoms with van der Waals surface area (Å²) in [7, 11) is 0. The van der Waals surface area contributed by atoms with Crippen molar-refractivity contribution < 1.29 is 66.5 Å². The molecule has 1 aromatic carbocycles. The first-order chi connectivity index (χ1) is 18.2. The first-order valence-electron chi connectivity index (χ1n) is 10.9. The average Bonchev–Trinajstić information content (AvgIpc) is 3.29. The molecule has 0 saturated carbocycles. The molecule has 0 radical (unpaired) electrons. The van der Waals surface area contributed by atoms with E-state index in [1.165, 1.54) is 18.2 Å². The van der Waals surface area contributed by atoms with Crippen molar-refractivity contribution in [2.45, 2.75) is 38.3 Å². The van der Waals surface area contributed by atoms with Gasteiger partial charge in [0.15, 0.2) is 5.69 Å². The van der Waals surface area contributed by atoms with Gasteiger partial charge < -0.3 is 26.5 Å². The number of hydrogen-bond acceptors (Lipinski definition) is 7. The fraction of sp³-hybridized carbons (Fsp3) is 0.273. The molecule has 3 aromatic rings. The molecule has 40 heavy (non-hydrogen) atoms. The molecule has 2 aromatic heterocycles. The van der Waals surface area contributed by atoms with E-state index in [1.54, 1.807) is 0 Å². The second-order valence-electron chi connectivity index (χ2n) is 7.99. The van der Waals surface area contributed by atoms with Crippen LogP contribution in [0.25, 0.3) is 0 Å². The summed E-state index contributed by atoms with van der Waals surface area (Å²) in [6.07, 6.45) is -3.63. The zero-order valence-corrected chi connectivity index (χ0v) is 20.6. The topological polar surface area (TPSA) is 157 Å². The van der Waals surface area contributed by atoms with Crippen molar-refractivity contribution in [1.29, 1.82) is 0 Å². The number of hydrogen-bond donors (Lipinski definition) is 3. The van der Waals surface area contributed by atoms with Gasteiger partial charge in [-0.15, -0.1) is 18.3 Å². The third kappa shape index (κ3) is 9.82. The number of nitrogens with zero attached hydrogens (tertiary/aromatic N) is 4. The number of aliphatic carboxylic acids is 1. The molecule has 2 heterocycles. The molecular weight excluding hydrogens is 546 g/mol. The fourth-order valence-electron chi connectivity index (χ4n) is 3.16. The van der Waals surface area contributed by atoms with Crippen LogP contribution in [0.1, 0.15) is 23.9 Å². The number of amides is 2. The van der Waals surface area contributed by atoms with Crippen molar-refractivity contribution in [2.24, 2.45) is 0 Å². The van der Waals surface area contributed by atoms with Crippen molar-refractivity contribution in [3.8, 4) is 5.75 Å². The van der Waals surface area contributed by atoms with Gasteiger partial charge in [0.1, 0.15) is 12.3 Å². The normalized spacial score (nSPS) is 11.3. The molecule has 3 N–H and O–H groups in total. The predicted molar refractivity (Wildman–Crippen MR) is 122 cm³/mol. The SMILES string of the molecule is O=C(O)C(=O)Nc1ccn(CCC(F)(F)Cn2cc(C(=O)NCc3cccc(OC(F)(F)F)c3)nn2)c(=O)c1.[H-].[Li+]. The Morgan fingerprint density at radius 2 is 1.82 bits per heavy atom. The van der Waals surface area contributed by atoms with E-state index in [-0.39, 0.29) is 43.8 Å². The first-order valence-corrected chi connectivity index (χ1v) is 10.9. The maximum atomic E-state index is 14.5. The number of ether oxygens (including phenoxy) is 1. The number of anilines is 1. The number of alkyl halides is 5. The monoisotopic (exact) mass is 566 g/mol. The van der Waals surface area contributed by atoms with Crippen LogP contribution in [0.15, 0.2) is 53.6 Å². The summed E-state index contributed by atoms with van der Waals surface area (Å²) < 4.78 is 71.5. The number of aromatic nitrogens is 4. The number of nitrogens with one attached hydrogen (secondary N) is 2. The van der Waals surface area contributed by atoms with Gasteiger partial charge in [0.25, 0.3) is 17.4 Å². The van der Waals surface area contributed by atoms with Crippen LogP contribution in [-0.2, 0) is 29.2 Å². The summed E-state index contributed by atoms with van der Waals surface area (Å²) >= 11 is 0. The van der Waals surface area contributed by atoms with Gasteiger partial charge in [-0.25, -0.2) is 18.3 Å². The van der Waals surface area contributed by atoms with Crippen LogP contribution in [0.4, 0.5) is 27.6 Å². The molecule has 18 heteroatoms. The van der Waals surface area contributed by atoms with Crippen LogP contribution in [0, 0.1) is 0 Å². The number of aryl methyl sites for hydroxylation is 1. The van der Waals surface area contributed by atoms with Gasteiger partial charge in [-0.1, -0.05) is 17.3 Å². The molecule has 0 saturated heterocycles. The van der Waals surface area contributed by atoms with Gasteiger partial charge in [-0.2, -0.15) is 0 Å². The summed E-state index contributed by atoms with van der Waals surface area (Å²) in [5.41, 5.74) is -0.921. The molecule has 0 fully saturated rings. The Bertz CT molecular complexity index is 1430. The van der Waals surface area contributed by atoms with Gasteiger partial charge in [0.05, 0.1) is 6.20 Å². The Morgan fingerprint density at radius 3 is 2.48 bits per heavy atom. The Hall–Kier alpha value is -4.23. The van der Waals surface area contributed by atoms with Crippen molar-refractivity contribution in [2.75, 3.05) is 5.32 Å². The second-order valence-corrected chi connectivity index (χ2v) is 7.99. The molecule has 210 valence electrons. The standard InChI is InChI=1S/C22H19F5N6O6.Li.H/c23-21(24,5-7-32-6-4-14(9-17(32)34)29-19(36)20(37)38)12-33-11-16(30-31-33)18(35)28-10-13-2-1-3-15(8-13)39-22(25,26)27;;/h1-4,6,8-9,11H,5,7,10,12H2,(H,28,35)(H,29,36)(H,37,38);;/q;+1;-1. The van der Waals surface area contributed by atoms with Crippen LogP contribution in [-0.4, -0.2) is 54.7 Å². The minimum absolute atomic E-state index is 0. The van der Waals surface area contributed by atoms with E-state index < -0.39 is 60.9 Å². The Labute approximate surface area is 234 Å². The number of carboxylic acids is 1. The van der Waals surface area contributed by atoms with Gasteiger partial charge in [-0.05, 0) is 23.8 Å². The Balaban J connectivity index is 0.00000420. The minimum atomic E-state index is -4.88. The fourth-order valence-corrected chi connectivity index (χ4v) is 3.16. The van der Waals surface area contributed by atoms with E-state index in [1.807, 2.05) is 5.32 Å². The average molecular weight is 566 g/mol. The minimum Gasteiger partial charge on any atom is -1.00 e. The number of rotatable bonds is 10. The molecule has 2 amide bonds. The number of pyridine rings is 1. The molecule has 0 spiro atoms. The number of benzene rings is 1. The third-order valence-electron chi connectivity index (χ3n) is 4.92. The van der Waals surface area contributed by atoms with E-state index in [2.05, 4.69) is 20.4 Å². The molecule has 0 aliphatic heterocycles. The largest absolute Gasteiger partial charge is 1.00 e. The maximum absolute atomic E-state index is 14.5. The Kier molecular flexibility index (Phi) is 10.6. The molecule has 0 aliphatic rings. The molecular formula is C22H20F5LiN6O6. The smallest absolute Gasteiger partial charge is 1.00 e. The van der Waals surface area contributed by atoms with Gasteiger partial charge in [0, 0.05) is 37.5 Å². The van der Waals surface area contributed by atoms with E-state index in [4.69, 9.17) is 5.11 Å². The molecule has 0 atom stereocenters. The van der Waals surface area contributed by atoms with Crippen molar-refractivity contribution in [3.63, 3.8) is 0 Å². The van der Waals surface area contributed by atoms with Gasteiger partial charge in [-0.3, -0.25) is 14.4 Å². The number of carbonyl (C=O) groups excluding carboxylic acids is 2. The molecule has 0 aliphatic carbocycles. The van der Waals surface area contributed by atoms with Crippen molar-refractivity contribution in [1.82, 2.24) is 24.9 Å². The van der Waals surface area contributed by atoms with Gasteiger partial charge >= 0.3 is 37.1 Å². The molecule has 0 unspecified atom stereocenters. The van der Waals surface area contributed by atoms with Crippen LogP contribution >= 0.6 is 0 Å². The summed E-state index contributed by atoms with van der Waals surface area (Å²) in [5, 5.41) is 19.9. The van der Waals surface area contributed by atoms with E-state index >= 15 is 0 Å². The summed E-state index contributed by atoms with van der Waals surface area (Å²) in [6, 6.07) is 6.92. The predicted octanol–water partition coefficient (Wildman–Crippen LogP) is -0.866. The number of carbonyl (C=O) groups is 3.